The average Bonchev–Trinajstić information content (AvgIpc) is 3.63. The van der Waals surface area contributed by atoms with Crippen molar-refractivity contribution in [3.8, 4) is 33.6 Å². The molecule has 4 heterocycles. The van der Waals surface area contributed by atoms with Crippen molar-refractivity contribution in [2.24, 2.45) is 10.8 Å². The molecule has 10 rings (SSSR count). The fraction of sp³-hybridized carbons (Fsp3) is 0.455. The molecule has 3 aliphatic carbocycles. The van der Waals surface area contributed by atoms with Gasteiger partial charge in [-0.2, -0.15) is 9.13 Å². The van der Waals surface area contributed by atoms with Crippen molar-refractivity contribution in [1.29, 1.82) is 0 Å². The summed E-state index contributed by atoms with van der Waals surface area (Å²) in [5.74, 6) is 0. The van der Waals surface area contributed by atoms with E-state index < -0.39 is 0 Å². The molecule has 0 saturated heterocycles. The number of hydrogen-bond acceptors (Lipinski definition) is 0. The van der Waals surface area contributed by atoms with Gasteiger partial charge in [-0.3, -0.25) is 0 Å². The van der Waals surface area contributed by atoms with E-state index in [1.807, 2.05) is 0 Å². The Morgan fingerprint density at radius 3 is 1.58 bits per heavy atom. The molecule has 0 N–H and O–H groups in total. The van der Waals surface area contributed by atoms with E-state index >= 15 is 0 Å². The lowest BCUT2D eigenvalue weighted by molar-refractivity contribution is -0.732. The first-order valence-electron chi connectivity index (χ1n) is 21.9. The van der Waals surface area contributed by atoms with Crippen LogP contribution in [0.25, 0.3) is 39.3 Å². The molecule has 2 aromatic heterocycles. The summed E-state index contributed by atoms with van der Waals surface area (Å²) < 4.78 is 5.37. The predicted octanol–water partition coefficient (Wildman–Crippen LogP) is 12.8. The molecule has 2 aliphatic heterocycles. The van der Waals surface area contributed by atoms with Gasteiger partial charge in [0.15, 0.2) is 12.4 Å². The third kappa shape index (κ3) is 3.78. The number of fused-ring (bicyclic) bond motifs is 11. The zero-order valence-electron chi connectivity index (χ0n) is 37.5. The Kier molecular flexibility index (Phi) is 6.91. The fourth-order valence-electron chi connectivity index (χ4n) is 13.4. The van der Waals surface area contributed by atoms with Gasteiger partial charge in [0.25, 0.3) is 0 Å². The zero-order chi connectivity index (χ0) is 40.8. The lowest BCUT2D eigenvalue weighted by atomic mass is 9.59. The zero-order valence-corrected chi connectivity index (χ0v) is 37.5. The minimum Gasteiger partial charge on any atom is -0.187 e. The molecule has 5 aromatic rings. The van der Waals surface area contributed by atoms with E-state index in [0.717, 1.165) is 12.8 Å². The van der Waals surface area contributed by atoms with E-state index in [1.165, 1.54) is 72.7 Å². The highest BCUT2D eigenvalue weighted by atomic mass is 15.2. The SMILES string of the molecule is CCC12/C(=C3\c4cc5c(cc4-c4cc(C)c(-c6ccccc6)c[n+]43)C(C)(C)C(C)(C)C5(C)C)C1(CC)[n+]1ccccc1-c1cc3c(cc12)C(C)(C)C(C)(C)C3(C)C. The van der Waals surface area contributed by atoms with Crippen molar-refractivity contribution in [2.75, 3.05) is 0 Å². The van der Waals surface area contributed by atoms with Gasteiger partial charge in [-0.25, -0.2) is 0 Å². The number of nitrogens with zero attached hydrogens (tertiary/aromatic N) is 2. The van der Waals surface area contributed by atoms with Crippen LogP contribution in [-0.2, 0) is 32.6 Å². The summed E-state index contributed by atoms with van der Waals surface area (Å²) in [6, 6.07) is 31.1. The van der Waals surface area contributed by atoms with Crippen LogP contribution in [0.2, 0.25) is 0 Å². The van der Waals surface area contributed by atoms with Crippen LogP contribution in [0.1, 0.15) is 149 Å². The van der Waals surface area contributed by atoms with Crippen LogP contribution in [0.4, 0.5) is 0 Å². The predicted molar refractivity (Wildman–Crippen MR) is 237 cm³/mol. The van der Waals surface area contributed by atoms with Crippen molar-refractivity contribution >= 4 is 5.70 Å². The number of aryl methyl sites for hydroxylation is 1. The first-order valence-corrected chi connectivity index (χ1v) is 21.9. The molecule has 5 aliphatic rings. The molecule has 0 radical (unpaired) electrons. The standard InChI is InChI=1S/C55H64N2/c1-16-54-39-31-43-42(50(8,9)53(14,15)51(43,10)11)30-37(39)44-25-21-22-26-57(44)55(54,17-2)47(54)46-36-29-41-40(48(4,5)52(12,13)49(41,6)7)28-35(36)45-27-33(3)38(32-56(45)46)34-23-19-18-20-24-34/h18-32H,16-17H2,1-15H3/q+2/b47-46-. The van der Waals surface area contributed by atoms with Crippen molar-refractivity contribution in [2.45, 2.75) is 149 Å². The van der Waals surface area contributed by atoms with E-state index in [1.54, 1.807) is 11.1 Å². The maximum atomic E-state index is 2.72. The topological polar surface area (TPSA) is 7.76 Å². The smallest absolute Gasteiger partial charge is 0.187 e. The molecule has 292 valence electrons. The number of hydrogen-bond donors (Lipinski definition) is 0. The quantitative estimate of drug-likeness (QED) is 0.159. The van der Waals surface area contributed by atoms with E-state index in [2.05, 4.69) is 204 Å². The summed E-state index contributed by atoms with van der Waals surface area (Å²) in [7, 11) is 0. The molecule has 2 unspecified atom stereocenters. The minimum atomic E-state index is -0.195. The molecular formula is C55H64N2+2. The van der Waals surface area contributed by atoms with Crippen LogP contribution in [0, 0.1) is 17.8 Å². The summed E-state index contributed by atoms with van der Waals surface area (Å²) in [6.45, 7) is 37.2. The molecule has 1 fully saturated rings. The Hall–Kier alpha value is -4.30. The van der Waals surface area contributed by atoms with Crippen LogP contribution >= 0.6 is 0 Å². The van der Waals surface area contributed by atoms with Crippen LogP contribution in [-0.4, -0.2) is 0 Å². The first kappa shape index (κ1) is 37.0. The molecule has 2 atom stereocenters. The van der Waals surface area contributed by atoms with E-state index in [9.17, 15) is 0 Å². The summed E-state index contributed by atoms with van der Waals surface area (Å²) in [5, 5.41) is 0. The van der Waals surface area contributed by atoms with Gasteiger partial charge in [-0.1, -0.05) is 133 Å². The fourth-order valence-corrected chi connectivity index (χ4v) is 13.4. The molecular weight excluding hydrogens is 689 g/mol. The third-order valence-electron chi connectivity index (χ3n) is 19.2. The van der Waals surface area contributed by atoms with Crippen molar-refractivity contribution < 1.29 is 9.13 Å². The Morgan fingerprint density at radius 2 is 1.02 bits per heavy atom. The summed E-state index contributed by atoms with van der Waals surface area (Å²) in [5.41, 5.74) is 21.3. The maximum Gasteiger partial charge on any atom is 0.226 e. The molecule has 3 aromatic carbocycles. The second-order valence-corrected chi connectivity index (χ2v) is 21.8. The van der Waals surface area contributed by atoms with Gasteiger partial charge in [0.2, 0.25) is 22.6 Å². The largest absolute Gasteiger partial charge is 0.226 e. The Labute approximate surface area is 343 Å². The van der Waals surface area contributed by atoms with Gasteiger partial charge >= 0.3 is 0 Å². The summed E-state index contributed by atoms with van der Waals surface area (Å²) >= 11 is 0. The van der Waals surface area contributed by atoms with Crippen LogP contribution < -0.4 is 9.13 Å². The highest BCUT2D eigenvalue weighted by molar-refractivity contribution is 5.91. The molecule has 0 amide bonds. The van der Waals surface area contributed by atoms with E-state index in [0.29, 0.717) is 0 Å². The molecule has 1 saturated carbocycles. The normalized spacial score (nSPS) is 27.4. The number of pyridine rings is 2. The van der Waals surface area contributed by atoms with Gasteiger partial charge in [0.05, 0.1) is 27.7 Å². The van der Waals surface area contributed by atoms with Crippen LogP contribution in [0.3, 0.4) is 0 Å². The number of allylic oxidation sites excluding steroid dienone is 1. The number of rotatable bonds is 3. The van der Waals surface area contributed by atoms with Crippen LogP contribution in [0.15, 0.2) is 96.8 Å². The third-order valence-corrected chi connectivity index (χ3v) is 19.2. The Bertz CT molecular complexity index is 2660. The van der Waals surface area contributed by atoms with Gasteiger partial charge in [0, 0.05) is 30.2 Å². The number of benzene rings is 3. The lowest BCUT2D eigenvalue weighted by Crippen LogP contribution is -2.54. The van der Waals surface area contributed by atoms with Crippen molar-refractivity contribution in [3.63, 3.8) is 0 Å². The first-order chi connectivity index (χ1) is 26.6. The Morgan fingerprint density at radius 1 is 0.491 bits per heavy atom. The lowest BCUT2D eigenvalue weighted by Gasteiger charge is -2.44. The second kappa shape index (κ2) is 10.7. The van der Waals surface area contributed by atoms with Gasteiger partial charge in [0.1, 0.15) is 0 Å². The maximum absolute atomic E-state index is 2.72. The van der Waals surface area contributed by atoms with Gasteiger partial charge in [-0.05, 0) is 109 Å². The van der Waals surface area contributed by atoms with Gasteiger partial charge < -0.3 is 0 Å². The Balaban J connectivity index is 1.37. The van der Waals surface area contributed by atoms with Crippen molar-refractivity contribution in [1.82, 2.24) is 0 Å². The van der Waals surface area contributed by atoms with E-state index in [-0.39, 0.29) is 43.4 Å². The molecule has 2 nitrogen and oxygen atoms in total. The van der Waals surface area contributed by atoms with Crippen molar-refractivity contribution in [3.05, 3.63) is 136 Å². The highest BCUT2D eigenvalue weighted by Crippen LogP contribution is 2.75. The summed E-state index contributed by atoms with van der Waals surface area (Å²) in [4.78, 5) is 0. The molecule has 57 heavy (non-hydrogen) atoms. The summed E-state index contributed by atoms with van der Waals surface area (Å²) in [6.07, 6.45) is 6.98. The average molecular weight is 753 g/mol. The number of aromatic nitrogens is 2. The second-order valence-electron chi connectivity index (χ2n) is 21.8. The van der Waals surface area contributed by atoms with Crippen LogP contribution in [0.5, 0.6) is 0 Å². The molecule has 0 bridgehead atoms. The molecule has 0 spiro atoms. The van der Waals surface area contributed by atoms with Gasteiger partial charge in [-0.15, -0.1) is 0 Å². The monoisotopic (exact) mass is 753 g/mol. The minimum absolute atomic E-state index is 0.00207. The van der Waals surface area contributed by atoms with E-state index in [4.69, 9.17) is 0 Å². The highest BCUT2D eigenvalue weighted by Gasteiger charge is 2.85. The molecule has 2 heteroatoms.